The number of carbonyl (C=O) groups is 2. The van der Waals surface area contributed by atoms with Crippen molar-refractivity contribution in [2.24, 2.45) is 11.8 Å². The summed E-state index contributed by atoms with van der Waals surface area (Å²) in [5.74, 6) is -3.93. The van der Waals surface area contributed by atoms with Gasteiger partial charge in [0.1, 0.15) is 48.4 Å². The Hall–Kier alpha value is -2.78. The minimum absolute atomic E-state index is 0.105. The molecule has 5 N–H and O–H groups in total. The number of aliphatic hydroxyl groups is 4. The summed E-state index contributed by atoms with van der Waals surface area (Å²) in [4.78, 5) is 30.0. The number of aromatic hydroxyl groups is 1. The van der Waals surface area contributed by atoms with Crippen LogP contribution in [-0.2, 0) is 60.3 Å². The monoisotopic (exact) mass is 815 g/mol. The average Bonchev–Trinajstić information content (AvgIpc) is 3.58. The summed E-state index contributed by atoms with van der Waals surface area (Å²) in [6.07, 6.45) is -9.37. The van der Waals surface area contributed by atoms with Gasteiger partial charge in [0.15, 0.2) is 18.4 Å². The first-order chi connectivity index (χ1) is 27.8. The van der Waals surface area contributed by atoms with E-state index in [2.05, 4.69) is 0 Å². The molecule has 0 spiro atoms. The number of nitrogens with zero attached hydrogens (tertiary/aromatic N) is 1. The number of carbonyl (C=O) groups excluding carboxylic acids is 2. The van der Waals surface area contributed by atoms with Crippen molar-refractivity contribution >= 4 is 11.7 Å². The van der Waals surface area contributed by atoms with E-state index in [4.69, 9.17) is 42.6 Å². The number of phenolic OH excluding ortho intramolecular Hbond substituents is 1. The minimum Gasteiger partial charge on any atom is -0.507 e. The normalized spacial score (nSPS) is 47.0. The van der Waals surface area contributed by atoms with Gasteiger partial charge in [-0.25, -0.2) is 0 Å². The Labute approximate surface area is 335 Å². The third-order valence-electron chi connectivity index (χ3n) is 14.4. The van der Waals surface area contributed by atoms with E-state index in [1.807, 2.05) is 19.9 Å². The zero-order chi connectivity index (χ0) is 40.5. The predicted molar refractivity (Wildman–Crippen MR) is 194 cm³/mol. The molecule has 0 radical (unpaired) electrons. The van der Waals surface area contributed by atoms with Gasteiger partial charge in [-0.1, -0.05) is 6.07 Å². The molecule has 1 saturated carbocycles. The van der Waals surface area contributed by atoms with Gasteiger partial charge in [0.25, 0.3) is 5.91 Å². The highest BCUT2D eigenvalue weighted by Crippen LogP contribution is 2.57. The second kappa shape index (κ2) is 14.4. The third kappa shape index (κ3) is 5.95. The molecule has 6 heterocycles. The molecule has 1 aromatic rings. The first-order valence-corrected chi connectivity index (χ1v) is 20.7. The van der Waals surface area contributed by atoms with Crippen molar-refractivity contribution in [1.29, 1.82) is 0 Å². The molecule has 6 aliphatic heterocycles. The first kappa shape index (κ1) is 39.4. The number of rotatable bonds is 5. The van der Waals surface area contributed by atoms with Crippen LogP contribution in [-0.4, -0.2) is 161 Å². The summed E-state index contributed by atoms with van der Waals surface area (Å²) in [6.45, 7) is 6.15. The SMILES string of the molecule is COC1CC(OC2CCC(OC3CC(O)C4=C(OC5C6OCOC7Cc8cc9c(c(O)c8C(C(O)C5C4=O)C76)C(=O)N4CCO[C@]4(C)C9)C3O)OC2C)OC(C)C1O. The Bertz CT molecular complexity index is 1870. The standard InChI is InChI=1S/C41H53NO16/c1-15-20(56-25-12-22(50-4)32(44)16(2)55-25)5-6-24(54-15)57-23-11-19(43)28-35(47)31-36(48)30-26-17(9-18-13-41(3)42(7-8-53-41)40(49)27(18)34(26)46)10-21-29(30)38(52-14-51-21)39(31)58-37(28)33(23)45/h9,15-16,19-25,29-33,36,38-39,43-46,48H,5-8,10-14H2,1-4H3/t15?,16?,19?,20?,21?,22?,23?,24?,25?,29?,30?,31?,32?,33?,36?,38?,39?,41-/m1/s1. The Morgan fingerprint density at radius 2 is 1.66 bits per heavy atom. The van der Waals surface area contributed by atoms with E-state index in [0.717, 1.165) is 0 Å². The van der Waals surface area contributed by atoms with Gasteiger partial charge in [-0.2, -0.15) is 0 Å². The highest BCUT2D eigenvalue weighted by atomic mass is 16.7. The summed E-state index contributed by atoms with van der Waals surface area (Å²) in [6, 6.07) is 1.90. The highest BCUT2D eigenvalue weighted by molar-refractivity contribution is 6.02. The molecular weight excluding hydrogens is 762 g/mol. The quantitative estimate of drug-likeness (QED) is 0.269. The maximum Gasteiger partial charge on any atom is 0.260 e. The lowest BCUT2D eigenvalue weighted by atomic mass is 9.57. The van der Waals surface area contributed by atoms with Crippen LogP contribution in [0.3, 0.4) is 0 Å². The number of aliphatic hydroxyl groups excluding tert-OH is 4. The molecule has 9 aliphatic rings. The highest BCUT2D eigenvalue weighted by Gasteiger charge is 2.64. The van der Waals surface area contributed by atoms with E-state index < -0.39 is 109 Å². The van der Waals surface area contributed by atoms with Crippen molar-refractivity contribution in [3.8, 4) is 5.75 Å². The second-order valence-corrected chi connectivity index (χ2v) is 17.7. The summed E-state index contributed by atoms with van der Waals surface area (Å²) < 4.78 is 54.8. The number of fused-ring (bicyclic) bond motifs is 6. The number of ketones is 1. The van der Waals surface area contributed by atoms with Crippen LogP contribution in [0.1, 0.15) is 79.4 Å². The number of hydrogen-bond acceptors (Lipinski definition) is 16. The lowest BCUT2D eigenvalue weighted by molar-refractivity contribution is -0.303. The van der Waals surface area contributed by atoms with Crippen LogP contribution in [0.4, 0.5) is 0 Å². The molecule has 18 atom stereocenters. The van der Waals surface area contributed by atoms with E-state index in [-0.39, 0.29) is 47.9 Å². The number of benzene rings is 1. The number of hydrogen-bond donors (Lipinski definition) is 5. The molecule has 17 unspecified atom stereocenters. The molecule has 58 heavy (non-hydrogen) atoms. The molecule has 1 aromatic carbocycles. The molecule has 0 aromatic heterocycles. The molecule has 17 heteroatoms. The maximum atomic E-state index is 14.6. The molecule has 5 fully saturated rings. The number of phenols is 1. The van der Waals surface area contributed by atoms with E-state index in [1.165, 1.54) is 7.11 Å². The van der Waals surface area contributed by atoms with Crippen LogP contribution in [0.25, 0.3) is 0 Å². The Morgan fingerprint density at radius 1 is 0.879 bits per heavy atom. The van der Waals surface area contributed by atoms with E-state index in [0.29, 0.717) is 61.9 Å². The number of methoxy groups -OCH3 is 1. The van der Waals surface area contributed by atoms with Gasteiger partial charge in [-0.05, 0) is 44.7 Å². The number of ether oxygens (including phenoxy) is 9. The summed E-state index contributed by atoms with van der Waals surface area (Å²) in [7, 11) is 1.54. The second-order valence-electron chi connectivity index (χ2n) is 17.7. The fraction of sp³-hybridized carbons (Fsp3) is 0.756. The van der Waals surface area contributed by atoms with Crippen molar-refractivity contribution in [3.63, 3.8) is 0 Å². The summed E-state index contributed by atoms with van der Waals surface area (Å²) in [5.41, 5.74) is 0.982. The van der Waals surface area contributed by atoms with Crippen molar-refractivity contribution in [2.75, 3.05) is 27.1 Å². The molecule has 318 valence electrons. The Kier molecular flexibility index (Phi) is 9.78. The fourth-order valence-corrected chi connectivity index (χ4v) is 11.6. The van der Waals surface area contributed by atoms with Crippen LogP contribution < -0.4 is 0 Å². The molecule has 3 aliphatic carbocycles. The van der Waals surface area contributed by atoms with Crippen molar-refractivity contribution in [3.05, 3.63) is 39.7 Å². The first-order valence-electron chi connectivity index (χ1n) is 20.7. The Morgan fingerprint density at radius 3 is 2.43 bits per heavy atom. The van der Waals surface area contributed by atoms with Gasteiger partial charge in [-0.15, -0.1) is 0 Å². The van der Waals surface area contributed by atoms with Gasteiger partial charge >= 0.3 is 0 Å². The molecular formula is C41H53NO16. The van der Waals surface area contributed by atoms with Gasteiger partial charge in [0, 0.05) is 56.7 Å². The molecule has 10 rings (SSSR count). The van der Waals surface area contributed by atoms with Crippen LogP contribution in [0, 0.1) is 11.8 Å². The van der Waals surface area contributed by atoms with Gasteiger partial charge in [-0.3, -0.25) is 9.59 Å². The minimum atomic E-state index is -1.44. The smallest absolute Gasteiger partial charge is 0.260 e. The van der Waals surface area contributed by atoms with Crippen LogP contribution in [0.5, 0.6) is 5.75 Å². The number of Topliss-reactive ketones (excluding diaryl/α,β-unsaturated/α-hetero) is 1. The zero-order valence-electron chi connectivity index (χ0n) is 32.9. The van der Waals surface area contributed by atoms with Crippen molar-refractivity contribution in [2.45, 2.75) is 157 Å². The summed E-state index contributed by atoms with van der Waals surface area (Å²) >= 11 is 0. The Balaban J connectivity index is 0.881. The maximum absolute atomic E-state index is 14.6. The molecule has 17 nitrogen and oxygen atoms in total. The molecule has 4 saturated heterocycles. The third-order valence-corrected chi connectivity index (χ3v) is 14.4. The zero-order valence-corrected chi connectivity index (χ0v) is 32.9. The lowest BCUT2D eigenvalue weighted by Gasteiger charge is -2.57. The van der Waals surface area contributed by atoms with E-state index >= 15 is 0 Å². The number of amides is 1. The lowest BCUT2D eigenvalue weighted by Crippen LogP contribution is -2.67. The van der Waals surface area contributed by atoms with E-state index in [1.54, 1.807) is 11.8 Å². The van der Waals surface area contributed by atoms with Crippen LogP contribution >= 0.6 is 0 Å². The van der Waals surface area contributed by atoms with Crippen LogP contribution in [0.2, 0.25) is 0 Å². The van der Waals surface area contributed by atoms with Gasteiger partial charge in [0.05, 0.1) is 72.5 Å². The van der Waals surface area contributed by atoms with Gasteiger partial charge < -0.3 is 73.1 Å². The summed E-state index contributed by atoms with van der Waals surface area (Å²) in [5, 5.41) is 57.9. The molecule has 0 bridgehead atoms. The van der Waals surface area contributed by atoms with Crippen molar-refractivity contribution in [1.82, 2.24) is 4.90 Å². The van der Waals surface area contributed by atoms with E-state index in [9.17, 15) is 35.1 Å². The van der Waals surface area contributed by atoms with Gasteiger partial charge in [0.2, 0.25) is 0 Å². The largest absolute Gasteiger partial charge is 0.507 e. The van der Waals surface area contributed by atoms with Crippen LogP contribution in [0.15, 0.2) is 17.4 Å². The predicted octanol–water partition coefficient (Wildman–Crippen LogP) is 0.279. The molecule has 1 amide bonds. The fourth-order valence-electron chi connectivity index (χ4n) is 11.6. The topological polar surface area (TPSA) is 222 Å². The van der Waals surface area contributed by atoms with Crippen molar-refractivity contribution < 1.29 is 77.8 Å². The average molecular weight is 816 g/mol.